The lowest BCUT2D eigenvalue weighted by Gasteiger charge is -2.24. The molecule has 0 aliphatic heterocycles. The number of halogens is 1. The summed E-state index contributed by atoms with van der Waals surface area (Å²) < 4.78 is 5.33. The van der Waals surface area contributed by atoms with E-state index in [1.807, 2.05) is 12.1 Å². The van der Waals surface area contributed by atoms with Gasteiger partial charge in [-0.3, -0.25) is 14.5 Å². The molecule has 1 atom stereocenters. The van der Waals surface area contributed by atoms with Crippen LogP contribution in [0.5, 0.6) is 0 Å². The number of rotatable bonds is 8. The van der Waals surface area contributed by atoms with Crippen LogP contribution >= 0.6 is 11.6 Å². The summed E-state index contributed by atoms with van der Waals surface area (Å²) in [5, 5.41) is 16.6. The van der Waals surface area contributed by atoms with Gasteiger partial charge in [0.05, 0.1) is 6.54 Å². The van der Waals surface area contributed by atoms with Gasteiger partial charge in [0, 0.05) is 36.7 Å². The minimum Gasteiger partial charge on any atom is -0.480 e. The topological polar surface area (TPSA) is 95.7 Å². The van der Waals surface area contributed by atoms with Gasteiger partial charge in [0.1, 0.15) is 11.7 Å². The van der Waals surface area contributed by atoms with Gasteiger partial charge in [0.25, 0.3) is 0 Å². The monoisotopic (exact) mass is 365 g/mol. The van der Waals surface area contributed by atoms with E-state index >= 15 is 0 Å². The lowest BCUT2D eigenvalue weighted by atomic mass is 10.1. The molecule has 1 heterocycles. The van der Waals surface area contributed by atoms with Gasteiger partial charge >= 0.3 is 5.97 Å². The van der Waals surface area contributed by atoms with Crippen LogP contribution in [0, 0.1) is 0 Å². The molecule has 0 spiro atoms. The summed E-state index contributed by atoms with van der Waals surface area (Å²) in [7, 11) is 0. The first kappa shape index (κ1) is 19.0. The molecule has 0 aliphatic rings. The summed E-state index contributed by atoms with van der Waals surface area (Å²) >= 11 is 5.87. The fourth-order valence-corrected chi connectivity index (χ4v) is 2.41. The summed E-state index contributed by atoms with van der Waals surface area (Å²) in [6.45, 7) is 4.01. The minimum absolute atomic E-state index is 0.160. The number of carboxylic acids is 1. The van der Waals surface area contributed by atoms with E-state index < -0.39 is 12.0 Å². The smallest absolute Gasteiger partial charge is 0.320 e. The highest BCUT2D eigenvalue weighted by atomic mass is 35.5. The quantitative estimate of drug-likeness (QED) is 0.745. The number of carbonyl (C=O) groups excluding carboxylic acids is 1. The van der Waals surface area contributed by atoms with Gasteiger partial charge in [-0.2, -0.15) is 0 Å². The third kappa shape index (κ3) is 5.58. The van der Waals surface area contributed by atoms with Gasteiger partial charge in [0.2, 0.25) is 5.91 Å². The van der Waals surface area contributed by atoms with Crippen LogP contribution in [-0.4, -0.2) is 46.2 Å². The first-order valence-corrected chi connectivity index (χ1v) is 8.17. The third-order valence-corrected chi connectivity index (χ3v) is 3.99. The van der Waals surface area contributed by atoms with Crippen LogP contribution in [0.15, 0.2) is 34.9 Å². The number of nitrogens with one attached hydrogen (secondary N) is 1. The van der Waals surface area contributed by atoms with E-state index in [2.05, 4.69) is 10.5 Å². The molecule has 0 fully saturated rings. The predicted molar refractivity (Wildman–Crippen MR) is 93.1 cm³/mol. The van der Waals surface area contributed by atoms with Gasteiger partial charge in [-0.25, -0.2) is 0 Å². The van der Waals surface area contributed by atoms with E-state index in [0.29, 0.717) is 29.6 Å². The Hall–Kier alpha value is -2.38. The Morgan fingerprint density at radius 2 is 2.04 bits per heavy atom. The molecule has 134 valence electrons. The van der Waals surface area contributed by atoms with Crippen LogP contribution in [-0.2, 0) is 16.1 Å². The lowest BCUT2D eigenvalue weighted by Crippen LogP contribution is -2.42. The second-order valence-electron chi connectivity index (χ2n) is 5.65. The van der Waals surface area contributed by atoms with Crippen molar-refractivity contribution in [2.45, 2.75) is 26.4 Å². The fourth-order valence-electron chi connectivity index (χ4n) is 2.29. The molecule has 0 bridgehead atoms. The Morgan fingerprint density at radius 3 is 2.64 bits per heavy atom. The van der Waals surface area contributed by atoms with E-state index in [1.54, 1.807) is 30.0 Å². The maximum atomic E-state index is 11.3. The van der Waals surface area contributed by atoms with E-state index in [-0.39, 0.29) is 12.5 Å². The fraction of sp³-hybridized carbons (Fsp3) is 0.353. The highest BCUT2D eigenvalue weighted by molar-refractivity contribution is 6.30. The van der Waals surface area contributed by atoms with Crippen LogP contribution in [0.2, 0.25) is 5.02 Å². The Balaban J connectivity index is 2.08. The highest BCUT2D eigenvalue weighted by Crippen LogP contribution is 2.22. The number of amides is 1. The number of nitrogens with zero attached hydrogens (tertiary/aromatic N) is 2. The average molecular weight is 366 g/mol. The zero-order chi connectivity index (χ0) is 18.4. The summed E-state index contributed by atoms with van der Waals surface area (Å²) in [5.74, 6) is -0.561. The van der Waals surface area contributed by atoms with Crippen molar-refractivity contribution >= 4 is 23.5 Å². The molecule has 0 saturated carbocycles. The van der Waals surface area contributed by atoms with Gasteiger partial charge < -0.3 is 14.9 Å². The zero-order valence-electron chi connectivity index (χ0n) is 14.0. The number of aliphatic carboxylic acids is 1. The molecule has 2 aromatic rings. The van der Waals surface area contributed by atoms with Gasteiger partial charge in [-0.1, -0.05) is 28.9 Å². The first-order chi connectivity index (χ1) is 11.9. The second kappa shape index (κ2) is 8.64. The Labute approximate surface area is 150 Å². The van der Waals surface area contributed by atoms with E-state index in [9.17, 15) is 14.7 Å². The Bertz CT molecular complexity index is 730. The SMILES string of the molecule is CC(=O)NCCN(Cc1cc(-c2ccc(Cl)cc2)no1)C(C)C(=O)O. The number of aromatic nitrogens is 1. The van der Waals surface area contributed by atoms with E-state index in [0.717, 1.165) is 5.56 Å². The van der Waals surface area contributed by atoms with Crippen molar-refractivity contribution in [3.8, 4) is 11.3 Å². The van der Waals surface area contributed by atoms with Gasteiger partial charge in [0.15, 0.2) is 5.76 Å². The van der Waals surface area contributed by atoms with Crippen LogP contribution in [0.25, 0.3) is 11.3 Å². The van der Waals surface area contributed by atoms with Crippen molar-refractivity contribution in [1.29, 1.82) is 0 Å². The normalized spacial score (nSPS) is 12.2. The van der Waals surface area contributed by atoms with Crippen LogP contribution in [0.4, 0.5) is 0 Å². The average Bonchev–Trinajstić information content (AvgIpc) is 3.02. The number of hydrogen-bond donors (Lipinski definition) is 2. The molecular weight excluding hydrogens is 346 g/mol. The zero-order valence-corrected chi connectivity index (χ0v) is 14.8. The Morgan fingerprint density at radius 1 is 1.36 bits per heavy atom. The molecule has 0 radical (unpaired) electrons. The van der Waals surface area contributed by atoms with E-state index in [1.165, 1.54) is 6.92 Å². The number of carbonyl (C=O) groups is 2. The largest absolute Gasteiger partial charge is 0.480 e. The number of carboxylic acid groups (broad SMARTS) is 1. The van der Waals surface area contributed by atoms with Crippen LogP contribution in [0.1, 0.15) is 19.6 Å². The predicted octanol–water partition coefficient (Wildman–Crippen LogP) is 2.41. The van der Waals surface area contributed by atoms with Crippen molar-refractivity contribution in [2.24, 2.45) is 0 Å². The van der Waals surface area contributed by atoms with Crippen LogP contribution in [0.3, 0.4) is 0 Å². The molecule has 25 heavy (non-hydrogen) atoms. The van der Waals surface area contributed by atoms with Crippen molar-refractivity contribution in [2.75, 3.05) is 13.1 Å². The number of hydrogen-bond acceptors (Lipinski definition) is 5. The maximum Gasteiger partial charge on any atom is 0.320 e. The molecule has 1 aromatic carbocycles. The van der Waals surface area contributed by atoms with Crippen molar-refractivity contribution in [3.63, 3.8) is 0 Å². The third-order valence-electron chi connectivity index (χ3n) is 3.74. The minimum atomic E-state index is -0.944. The molecule has 1 aromatic heterocycles. The first-order valence-electron chi connectivity index (χ1n) is 7.79. The number of benzene rings is 1. The van der Waals surface area contributed by atoms with Crippen LogP contribution < -0.4 is 5.32 Å². The lowest BCUT2D eigenvalue weighted by molar-refractivity contribution is -0.142. The molecule has 7 nitrogen and oxygen atoms in total. The standard InChI is InChI=1S/C17H20ClN3O4/c1-11(17(23)24)21(8-7-19-12(2)22)10-15-9-16(20-25-15)13-3-5-14(18)6-4-13/h3-6,9,11H,7-8,10H2,1-2H3,(H,19,22)(H,23,24). The van der Waals surface area contributed by atoms with Gasteiger partial charge in [-0.05, 0) is 19.1 Å². The van der Waals surface area contributed by atoms with E-state index in [4.69, 9.17) is 16.1 Å². The summed E-state index contributed by atoms with van der Waals surface area (Å²) in [6.07, 6.45) is 0. The molecular formula is C17H20ClN3O4. The maximum absolute atomic E-state index is 11.3. The molecule has 0 saturated heterocycles. The molecule has 0 aliphatic carbocycles. The summed E-state index contributed by atoms with van der Waals surface area (Å²) in [5.41, 5.74) is 1.51. The van der Waals surface area contributed by atoms with Crippen molar-refractivity contribution in [1.82, 2.24) is 15.4 Å². The molecule has 8 heteroatoms. The molecule has 2 N–H and O–H groups in total. The molecule has 1 amide bonds. The van der Waals surface area contributed by atoms with Crippen molar-refractivity contribution < 1.29 is 19.2 Å². The molecule has 2 rings (SSSR count). The summed E-state index contributed by atoms with van der Waals surface area (Å²) in [6, 6.07) is 8.23. The van der Waals surface area contributed by atoms with Gasteiger partial charge in [-0.15, -0.1) is 0 Å². The second-order valence-corrected chi connectivity index (χ2v) is 6.09. The highest BCUT2D eigenvalue weighted by Gasteiger charge is 2.22. The Kier molecular flexibility index (Phi) is 6.55. The van der Waals surface area contributed by atoms with Crippen molar-refractivity contribution in [3.05, 3.63) is 41.1 Å². The molecule has 1 unspecified atom stereocenters. The summed E-state index contributed by atoms with van der Waals surface area (Å²) in [4.78, 5) is 24.0.